The van der Waals surface area contributed by atoms with Gasteiger partial charge in [-0.3, -0.25) is 15.0 Å². The number of hydrogen-bond donors (Lipinski definition) is 1. The maximum absolute atomic E-state index is 12.5. The molecule has 1 N–H and O–H groups in total. The normalized spacial score (nSPS) is 20.1. The van der Waals surface area contributed by atoms with Crippen LogP contribution >= 0.6 is 11.6 Å². The highest BCUT2D eigenvalue weighted by atomic mass is 35.5. The molecule has 1 aliphatic rings. The molecule has 1 aliphatic heterocycles. The number of halogens is 4. The van der Waals surface area contributed by atoms with Crippen LogP contribution in [0.25, 0.3) is 0 Å². The maximum Gasteiger partial charge on any atom is 0.416 e. The van der Waals surface area contributed by atoms with Gasteiger partial charge in [0, 0.05) is 6.54 Å². The number of imide groups is 1. The number of carbonyl (C=O) groups excluding carboxylic acids is 2. The van der Waals surface area contributed by atoms with E-state index in [9.17, 15) is 22.8 Å². The third-order valence-electron chi connectivity index (χ3n) is 2.95. The van der Waals surface area contributed by atoms with Crippen molar-refractivity contribution in [1.29, 1.82) is 0 Å². The van der Waals surface area contributed by atoms with Crippen molar-refractivity contribution in [3.63, 3.8) is 0 Å². The molecule has 0 saturated carbocycles. The predicted molar refractivity (Wildman–Crippen MR) is 66.5 cm³/mol. The first-order chi connectivity index (χ1) is 9.20. The molecule has 1 fully saturated rings. The molecule has 1 unspecified atom stereocenters. The van der Waals surface area contributed by atoms with Gasteiger partial charge in [0.05, 0.1) is 22.2 Å². The number of nitrogens with one attached hydrogen (secondary N) is 1. The predicted octanol–water partition coefficient (Wildman–Crippen LogP) is 3.05. The Morgan fingerprint density at radius 2 is 2.00 bits per heavy atom. The third kappa shape index (κ3) is 2.72. The molecule has 1 aromatic carbocycles. The highest BCUT2D eigenvalue weighted by Crippen LogP contribution is 2.35. The number of amides is 3. The molecule has 0 bridgehead atoms. The van der Waals surface area contributed by atoms with Crippen LogP contribution < -0.4 is 10.2 Å². The molecular weight excluding hydrogens is 297 g/mol. The van der Waals surface area contributed by atoms with Gasteiger partial charge in [-0.15, -0.1) is 0 Å². The molecule has 0 aromatic heterocycles. The molecule has 4 nitrogen and oxygen atoms in total. The van der Waals surface area contributed by atoms with E-state index in [0.29, 0.717) is 0 Å². The van der Waals surface area contributed by atoms with Crippen molar-refractivity contribution >= 4 is 29.2 Å². The van der Waals surface area contributed by atoms with E-state index in [4.69, 9.17) is 11.6 Å². The lowest BCUT2D eigenvalue weighted by atomic mass is 10.1. The molecule has 108 valence electrons. The average Bonchev–Trinajstić information content (AvgIpc) is 2.33. The van der Waals surface area contributed by atoms with Crippen LogP contribution in [0.3, 0.4) is 0 Å². The zero-order valence-corrected chi connectivity index (χ0v) is 11.0. The summed E-state index contributed by atoms with van der Waals surface area (Å²) in [6, 6.07) is 2.02. The van der Waals surface area contributed by atoms with Crippen molar-refractivity contribution in [1.82, 2.24) is 5.32 Å². The molecule has 0 aliphatic carbocycles. The van der Waals surface area contributed by atoms with E-state index >= 15 is 0 Å². The van der Waals surface area contributed by atoms with E-state index in [-0.39, 0.29) is 17.3 Å². The zero-order valence-electron chi connectivity index (χ0n) is 10.3. The topological polar surface area (TPSA) is 49.4 Å². The Hall–Kier alpha value is -1.76. The van der Waals surface area contributed by atoms with Crippen LogP contribution in [-0.4, -0.2) is 18.5 Å². The fourth-order valence-corrected chi connectivity index (χ4v) is 2.13. The largest absolute Gasteiger partial charge is 0.416 e. The second kappa shape index (κ2) is 4.97. The van der Waals surface area contributed by atoms with Crippen LogP contribution in [0.5, 0.6) is 0 Å². The third-order valence-corrected chi connectivity index (χ3v) is 3.25. The summed E-state index contributed by atoms with van der Waals surface area (Å²) < 4.78 is 37.6. The van der Waals surface area contributed by atoms with Gasteiger partial charge >= 0.3 is 12.2 Å². The Morgan fingerprint density at radius 3 is 2.55 bits per heavy atom. The lowest BCUT2D eigenvalue weighted by Crippen LogP contribution is -2.54. The van der Waals surface area contributed by atoms with Crippen molar-refractivity contribution in [3.05, 3.63) is 28.8 Å². The second-order valence-electron chi connectivity index (χ2n) is 4.47. The minimum Gasteiger partial charge on any atom is -0.292 e. The van der Waals surface area contributed by atoms with Gasteiger partial charge < -0.3 is 0 Å². The summed E-state index contributed by atoms with van der Waals surface area (Å²) in [6.07, 6.45) is -4.50. The van der Waals surface area contributed by atoms with Crippen molar-refractivity contribution in [2.75, 3.05) is 11.4 Å². The number of alkyl halides is 3. The Bertz CT molecular complexity index is 574. The minimum absolute atomic E-state index is 0.0652. The molecular formula is C12H10ClF3N2O2. The standard InChI is InChI=1S/C12H10ClF3N2O2/c1-6-5-18(11(20)17-10(6)19)9-3-2-7(4-8(9)13)12(14,15)16/h2-4,6H,5H2,1H3,(H,17,19,20). The van der Waals surface area contributed by atoms with Crippen LogP contribution in [-0.2, 0) is 11.0 Å². The van der Waals surface area contributed by atoms with E-state index < -0.39 is 29.6 Å². The molecule has 0 radical (unpaired) electrons. The van der Waals surface area contributed by atoms with Crippen molar-refractivity contribution < 1.29 is 22.8 Å². The molecule has 1 atom stereocenters. The summed E-state index contributed by atoms with van der Waals surface area (Å²) in [6.45, 7) is 1.67. The van der Waals surface area contributed by atoms with Crippen molar-refractivity contribution in [3.8, 4) is 0 Å². The lowest BCUT2D eigenvalue weighted by Gasteiger charge is -2.31. The number of anilines is 1. The number of hydrogen-bond acceptors (Lipinski definition) is 2. The fourth-order valence-electron chi connectivity index (χ4n) is 1.85. The van der Waals surface area contributed by atoms with Crippen molar-refractivity contribution in [2.24, 2.45) is 5.92 Å². The molecule has 8 heteroatoms. The molecule has 0 spiro atoms. The first kappa shape index (κ1) is 14.6. The zero-order chi connectivity index (χ0) is 15.1. The Balaban J connectivity index is 2.34. The number of carbonyl (C=O) groups is 2. The highest BCUT2D eigenvalue weighted by molar-refractivity contribution is 6.34. The number of nitrogens with zero attached hydrogens (tertiary/aromatic N) is 1. The lowest BCUT2D eigenvalue weighted by molar-refractivity contribution is -0.137. The van der Waals surface area contributed by atoms with E-state index in [0.717, 1.165) is 23.1 Å². The summed E-state index contributed by atoms with van der Waals surface area (Å²) in [5.74, 6) is -0.889. The summed E-state index contributed by atoms with van der Waals surface area (Å²) in [4.78, 5) is 24.2. The van der Waals surface area contributed by atoms with Crippen molar-refractivity contribution in [2.45, 2.75) is 13.1 Å². The minimum atomic E-state index is -4.50. The summed E-state index contributed by atoms with van der Waals surface area (Å²) in [5, 5.41) is 1.92. The smallest absolute Gasteiger partial charge is 0.292 e. The maximum atomic E-state index is 12.5. The van der Waals surface area contributed by atoms with Crippen LogP contribution in [0.2, 0.25) is 5.02 Å². The number of rotatable bonds is 1. The monoisotopic (exact) mass is 306 g/mol. The van der Waals surface area contributed by atoms with Crippen LogP contribution in [0, 0.1) is 5.92 Å². The van der Waals surface area contributed by atoms with Gasteiger partial charge in [0.2, 0.25) is 5.91 Å². The molecule has 20 heavy (non-hydrogen) atoms. The SMILES string of the molecule is CC1CN(c2ccc(C(F)(F)F)cc2Cl)C(=O)NC1=O. The first-order valence-corrected chi connectivity index (χ1v) is 6.07. The van der Waals surface area contributed by atoms with Crippen LogP contribution in [0.1, 0.15) is 12.5 Å². The van der Waals surface area contributed by atoms with Gasteiger partial charge in [0.15, 0.2) is 0 Å². The molecule has 3 amide bonds. The van der Waals surface area contributed by atoms with E-state index in [2.05, 4.69) is 5.32 Å². The summed E-state index contributed by atoms with van der Waals surface area (Å²) in [7, 11) is 0. The van der Waals surface area contributed by atoms with Gasteiger partial charge in [-0.2, -0.15) is 13.2 Å². The van der Waals surface area contributed by atoms with Gasteiger partial charge in [-0.25, -0.2) is 4.79 Å². The quantitative estimate of drug-likeness (QED) is 0.867. The fraction of sp³-hybridized carbons (Fsp3) is 0.333. The summed E-state index contributed by atoms with van der Waals surface area (Å²) in [5.41, 5.74) is -0.760. The number of benzene rings is 1. The molecule has 1 aromatic rings. The Labute approximate surface area is 117 Å². The second-order valence-corrected chi connectivity index (χ2v) is 4.88. The first-order valence-electron chi connectivity index (χ1n) is 5.69. The van der Waals surface area contributed by atoms with Gasteiger partial charge in [-0.1, -0.05) is 18.5 Å². The van der Waals surface area contributed by atoms with Gasteiger partial charge in [0.1, 0.15) is 0 Å². The Morgan fingerprint density at radius 1 is 1.35 bits per heavy atom. The van der Waals surface area contributed by atoms with E-state index in [1.165, 1.54) is 0 Å². The Kier molecular flexibility index (Phi) is 3.64. The van der Waals surface area contributed by atoms with Gasteiger partial charge in [-0.05, 0) is 18.2 Å². The average molecular weight is 307 g/mol. The van der Waals surface area contributed by atoms with Crippen LogP contribution in [0.15, 0.2) is 18.2 Å². The molecule has 2 rings (SSSR count). The molecule has 1 heterocycles. The van der Waals surface area contributed by atoms with Gasteiger partial charge in [0.25, 0.3) is 0 Å². The molecule has 1 saturated heterocycles. The van der Waals surface area contributed by atoms with E-state index in [1.807, 2.05) is 0 Å². The highest BCUT2D eigenvalue weighted by Gasteiger charge is 2.34. The van der Waals surface area contributed by atoms with Crippen LogP contribution in [0.4, 0.5) is 23.7 Å². The summed E-state index contributed by atoms with van der Waals surface area (Å²) >= 11 is 5.81. The number of urea groups is 1. The van der Waals surface area contributed by atoms with E-state index in [1.54, 1.807) is 6.92 Å².